The smallest absolute Gasteiger partial charge is 0.336 e. The molecule has 7 rings (SSSR count). The van der Waals surface area contributed by atoms with E-state index in [2.05, 4.69) is 4.98 Å². The molecule has 1 fully saturated rings. The van der Waals surface area contributed by atoms with Crippen molar-refractivity contribution in [1.29, 1.82) is 0 Å². The zero-order valence-corrected chi connectivity index (χ0v) is 24.3. The summed E-state index contributed by atoms with van der Waals surface area (Å²) in [6, 6.07) is 20.2. The van der Waals surface area contributed by atoms with E-state index in [4.69, 9.17) is 9.47 Å². The highest BCUT2D eigenvalue weighted by molar-refractivity contribution is 6.05. The van der Waals surface area contributed by atoms with Crippen LogP contribution in [-0.4, -0.2) is 81.4 Å². The summed E-state index contributed by atoms with van der Waals surface area (Å²) < 4.78 is 26.8. The van der Waals surface area contributed by atoms with E-state index in [-0.39, 0.29) is 30.9 Å². The Morgan fingerprint density at radius 3 is 2.37 bits per heavy atom. The quantitative estimate of drug-likeness (QED) is 0.276. The molecule has 232 valence electrons. The Kier molecular flexibility index (Phi) is 7.24. The molecule has 0 bridgehead atoms. The number of benzene rings is 4. The average molecular weight is 623 g/mol. The maximum absolute atomic E-state index is 14.0. The van der Waals surface area contributed by atoms with E-state index in [1.807, 2.05) is 6.07 Å². The van der Waals surface area contributed by atoms with E-state index in [9.17, 15) is 29.0 Å². The highest BCUT2D eigenvalue weighted by atomic mass is 19.1. The van der Waals surface area contributed by atoms with Crippen molar-refractivity contribution >= 4 is 34.3 Å². The lowest BCUT2D eigenvalue weighted by Crippen LogP contribution is -2.58. The number of nitrogens with zero attached hydrogens (tertiary/aromatic N) is 4. The summed E-state index contributed by atoms with van der Waals surface area (Å²) in [5.41, 5.74) is 1.82. The number of carboxylic acid groups (broad SMARTS) is 2. The molecular formula is C34H27FN4O7. The monoisotopic (exact) mass is 622 g/mol. The predicted molar refractivity (Wildman–Crippen MR) is 166 cm³/mol. The zero-order chi connectivity index (χ0) is 31.9. The molecule has 2 aliphatic heterocycles. The van der Waals surface area contributed by atoms with Crippen molar-refractivity contribution in [3.05, 3.63) is 102 Å². The van der Waals surface area contributed by atoms with Crippen molar-refractivity contribution in [3.63, 3.8) is 0 Å². The number of carbonyl (C=O) groups excluding carboxylic acids is 1. The Balaban J connectivity index is 1.22. The average Bonchev–Trinajstić information content (AvgIpc) is 3.53. The molecule has 46 heavy (non-hydrogen) atoms. The topological polar surface area (TPSA) is 134 Å². The van der Waals surface area contributed by atoms with Gasteiger partial charge in [-0.1, -0.05) is 24.3 Å². The number of aromatic nitrogens is 2. The van der Waals surface area contributed by atoms with E-state index in [0.29, 0.717) is 58.2 Å². The third kappa shape index (κ3) is 5.23. The number of halogens is 1. The van der Waals surface area contributed by atoms with Crippen molar-refractivity contribution in [2.75, 3.05) is 37.7 Å². The number of fused-ring (bicyclic) bond motifs is 2. The minimum atomic E-state index is -1.24. The Bertz CT molecular complexity index is 2010. The molecule has 2 aliphatic rings. The Morgan fingerprint density at radius 2 is 1.61 bits per heavy atom. The van der Waals surface area contributed by atoms with E-state index in [0.717, 1.165) is 0 Å². The highest BCUT2D eigenvalue weighted by Crippen LogP contribution is 2.34. The fourth-order valence-electron chi connectivity index (χ4n) is 5.94. The molecule has 12 heteroatoms. The van der Waals surface area contributed by atoms with Crippen LogP contribution >= 0.6 is 0 Å². The van der Waals surface area contributed by atoms with Gasteiger partial charge in [0.05, 0.1) is 11.3 Å². The van der Waals surface area contributed by atoms with Gasteiger partial charge in [0.25, 0.3) is 5.91 Å². The van der Waals surface area contributed by atoms with Gasteiger partial charge in [-0.2, -0.15) is 0 Å². The molecule has 3 heterocycles. The van der Waals surface area contributed by atoms with E-state index < -0.39 is 29.7 Å². The van der Waals surface area contributed by atoms with Crippen LogP contribution in [0.2, 0.25) is 0 Å². The first-order valence-electron chi connectivity index (χ1n) is 14.6. The van der Waals surface area contributed by atoms with Gasteiger partial charge < -0.3 is 29.5 Å². The second-order valence-electron chi connectivity index (χ2n) is 11.0. The molecule has 0 saturated carbocycles. The molecule has 1 saturated heterocycles. The van der Waals surface area contributed by atoms with Crippen LogP contribution in [0.5, 0.6) is 11.5 Å². The number of piperazine rings is 1. The number of aromatic carboxylic acids is 1. The largest absolute Gasteiger partial charge is 0.486 e. The van der Waals surface area contributed by atoms with Crippen molar-refractivity contribution in [1.82, 2.24) is 14.5 Å². The molecule has 1 atom stereocenters. The number of anilines is 1. The molecular weight excluding hydrogens is 595 g/mol. The molecule has 0 spiro atoms. The van der Waals surface area contributed by atoms with Crippen LogP contribution in [0.4, 0.5) is 10.1 Å². The summed E-state index contributed by atoms with van der Waals surface area (Å²) in [4.78, 5) is 46.2. The van der Waals surface area contributed by atoms with Gasteiger partial charge in [0.1, 0.15) is 36.6 Å². The highest BCUT2D eigenvalue weighted by Gasteiger charge is 2.37. The van der Waals surface area contributed by atoms with E-state index in [1.54, 1.807) is 64.1 Å². The Hall–Kier alpha value is -5.91. The normalized spacial score (nSPS) is 16.0. The number of hydrogen-bond acceptors (Lipinski definition) is 7. The lowest BCUT2D eigenvalue weighted by Gasteiger charge is -2.40. The van der Waals surface area contributed by atoms with Crippen LogP contribution < -0.4 is 14.4 Å². The molecule has 4 aromatic carbocycles. The molecule has 0 unspecified atom stereocenters. The Labute approximate surface area is 261 Å². The van der Waals surface area contributed by atoms with Gasteiger partial charge in [-0.05, 0) is 59.3 Å². The minimum absolute atomic E-state index is 0.00721. The van der Waals surface area contributed by atoms with Crippen LogP contribution in [0.15, 0.2) is 85.1 Å². The van der Waals surface area contributed by atoms with Gasteiger partial charge in [-0.15, -0.1) is 0 Å². The predicted octanol–water partition coefficient (Wildman–Crippen LogP) is 4.72. The summed E-state index contributed by atoms with van der Waals surface area (Å²) in [7, 11) is 0. The summed E-state index contributed by atoms with van der Waals surface area (Å²) in [5.74, 6) is -1.86. The van der Waals surface area contributed by atoms with E-state index in [1.165, 1.54) is 29.3 Å². The van der Waals surface area contributed by atoms with Gasteiger partial charge in [-0.25, -0.2) is 19.0 Å². The molecule has 1 aromatic heterocycles. The maximum atomic E-state index is 14.0. The summed E-state index contributed by atoms with van der Waals surface area (Å²) in [6.45, 7) is 1.06. The van der Waals surface area contributed by atoms with Gasteiger partial charge in [0.15, 0.2) is 11.5 Å². The van der Waals surface area contributed by atoms with Gasteiger partial charge in [0, 0.05) is 43.1 Å². The molecule has 11 nitrogen and oxygen atoms in total. The fraction of sp³-hybridized carbons (Fsp3) is 0.176. The number of rotatable bonds is 6. The first-order valence-corrected chi connectivity index (χ1v) is 14.6. The second-order valence-corrected chi connectivity index (χ2v) is 11.0. The fourth-order valence-corrected chi connectivity index (χ4v) is 5.94. The maximum Gasteiger partial charge on any atom is 0.336 e. The Morgan fingerprint density at radius 1 is 0.848 bits per heavy atom. The summed E-state index contributed by atoms with van der Waals surface area (Å²) in [6.07, 6.45) is 1.53. The van der Waals surface area contributed by atoms with Crippen molar-refractivity contribution < 1.29 is 38.5 Å². The first kappa shape index (κ1) is 28.8. The number of ether oxygens (including phenoxy) is 2. The van der Waals surface area contributed by atoms with Crippen LogP contribution in [0, 0.1) is 5.82 Å². The van der Waals surface area contributed by atoms with Crippen LogP contribution in [0.25, 0.3) is 27.8 Å². The molecule has 1 amide bonds. The van der Waals surface area contributed by atoms with Gasteiger partial charge in [-0.3, -0.25) is 9.36 Å². The molecule has 0 aliphatic carbocycles. The molecule has 5 aromatic rings. The van der Waals surface area contributed by atoms with Crippen molar-refractivity contribution in [2.45, 2.75) is 6.04 Å². The molecule has 2 N–H and O–H groups in total. The number of amides is 1. The number of hydrogen-bond donors (Lipinski definition) is 2. The standard InChI is InChI=1S/C34H27FN4O7/c35-22-7-5-20(6-8-22)31-36-27(18-39(31)23-9-10-29-30(17-23)46-14-13-45-29)32(40)38-12-11-37(19-28(38)34(43)44)24-15-21-3-1-2-4-25(21)26(16-24)33(41)42/h1-10,15-18,28H,11-14,19H2,(H,41,42)(H,43,44)/t28-/m0/s1. The lowest BCUT2D eigenvalue weighted by molar-refractivity contribution is -0.142. The second kappa shape index (κ2) is 11.5. The van der Waals surface area contributed by atoms with Gasteiger partial charge in [0.2, 0.25) is 0 Å². The van der Waals surface area contributed by atoms with Crippen LogP contribution in [-0.2, 0) is 4.79 Å². The van der Waals surface area contributed by atoms with E-state index >= 15 is 0 Å². The SMILES string of the molecule is O=C(O)c1cc(N2CCN(C(=O)c3cn(-c4ccc5c(c4)OCCO5)c(-c4ccc(F)cc4)n3)[C@H](C(=O)O)C2)cc2ccccc12. The summed E-state index contributed by atoms with van der Waals surface area (Å²) in [5, 5.41) is 21.4. The zero-order valence-electron chi connectivity index (χ0n) is 24.3. The number of carbonyl (C=O) groups is 3. The number of aliphatic carboxylic acids is 1. The van der Waals surface area contributed by atoms with Crippen molar-refractivity contribution in [2.24, 2.45) is 0 Å². The first-order chi connectivity index (χ1) is 22.3. The summed E-state index contributed by atoms with van der Waals surface area (Å²) >= 11 is 0. The third-order valence-electron chi connectivity index (χ3n) is 8.20. The number of imidazole rings is 1. The number of carboxylic acids is 2. The third-order valence-corrected chi connectivity index (χ3v) is 8.20. The van der Waals surface area contributed by atoms with Crippen molar-refractivity contribution in [3.8, 4) is 28.6 Å². The minimum Gasteiger partial charge on any atom is -0.486 e. The lowest BCUT2D eigenvalue weighted by atomic mass is 10.0. The van der Waals surface area contributed by atoms with Crippen LogP contribution in [0.1, 0.15) is 20.8 Å². The molecule has 0 radical (unpaired) electrons. The van der Waals surface area contributed by atoms with Gasteiger partial charge >= 0.3 is 11.9 Å². The van der Waals surface area contributed by atoms with Crippen LogP contribution in [0.3, 0.4) is 0 Å².